The number of aromatic nitrogens is 3. The van der Waals surface area contributed by atoms with Gasteiger partial charge in [-0.25, -0.2) is 23.0 Å². The maximum Gasteiger partial charge on any atom is 0.469 e. The van der Waals surface area contributed by atoms with E-state index in [-0.39, 0.29) is 24.0 Å². The molecule has 0 aliphatic carbocycles. The fourth-order valence-electron chi connectivity index (χ4n) is 3.58. The first-order valence-electron chi connectivity index (χ1n) is 10.6. The highest BCUT2D eigenvalue weighted by Gasteiger charge is 2.28. The minimum absolute atomic E-state index is 0. The van der Waals surface area contributed by atoms with E-state index in [0.717, 1.165) is 11.1 Å². The van der Waals surface area contributed by atoms with Crippen LogP contribution in [0, 0.1) is 0 Å². The molecule has 0 spiro atoms. The van der Waals surface area contributed by atoms with Crippen molar-refractivity contribution >= 4 is 35.3 Å². The molecule has 3 heterocycles. The zero-order valence-electron chi connectivity index (χ0n) is 19.4. The zero-order valence-corrected chi connectivity index (χ0v) is 21.9. The molecule has 16 heteroatoms. The van der Waals surface area contributed by atoms with Crippen LogP contribution < -0.4 is 4.90 Å². The Morgan fingerprint density at radius 3 is 2.27 bits per heavy atom. The van der Waals surface area contributed by atoms with Crippen molar-refractivity contribution in [1.29, 1.82) is 0 Å². The molecule has 202 valence electrons. The average Bonchev–Trinajstić information content (AvgIpc) is 2.84. The van der Waals surface area contributed by atoms with Crippen LogP contribution in [0.2, 0.25) is 5.02 Å². The Labute approximate surface area is 218 Å². The molecule has 1 aliphatic heterocycles. The normalized spacial score (nSPS) is 14.5. The first kappa shape index (κ1) is 30.7. The minimum atomic E-state index is -4.72. The Hall–Kier alpha value is -2.52. The number of hydrogen-bond acceptors (Lipinski definition) is 8. The number of benzene rings is 1. The molecule has 4 rings (SSSR count). The van der Waals surface area contributed by atoms with E-state index in [0.29, 0.717) is 35.4 Å². The lowest BCUT2D eigenvalue weighted by Gasteiger charge is -2.35. The number of piperazine rings is 1. The smallest absolute Gasteiger partial charge is 0.412 e. The van der Waals surface area contributed by atoms with Gasteiger partial charge in [-0.15, -0.1) is 0 Å². The number of pyridine rings is 1. The molecule has 1 aromatic carbocycles. The third-order valence-corrected chi connectivity index (χ3v) is 7.93. The van der Waals surface area contributed by atoms with Crippen molar-refractivity contribution < 1.29 is 38.2 Å². The minimum Gasteiger partial charge on any atom is -0.412 e. The maximum absolute atomic E-state index is 12.6. The van der Waals surface area contributed by atoms with E-state index in [1.807, 2.05) is 29.2 Å². The van der Waals surface area contributed by atoms with Crippen LogP contribution >= 0.6 is 19.4 Å². The first-order chi connectivity index (χ1) is 16.6. The summed E-state index contributed by atoms with van der Waals surface area (Å²) < 4.78 is 41.5. The molecular weight excluding hydrogens is 549 g/mol. The van der Waals surface area contributed by atoms with Crippen LogP contribution in [0.3, 0.4) is 0 Å². The summed E-state index contributed by atoms with van der Waals surface area (Å²) in [6.07, 6.45) is 3.34. The van der Waals surface area contributed by atoms with Gasteiger partial charge in [0.05, 0.1) is 18.1 Å². The van der Waals surface area contributed by atoms with Crippen molar-refractivity contribution in [2.75, 3.05) is 43.4 Å². The molecule has 0 bridgehead atoms. The molecule has 1 aliphatic rings. The van der Waals surface area contributed by atoms with Crippen molar-refractivity contribution in [3.8, 4) is 22.6 Å². The summed E-state index contributed by atoms with van der Waals surface area (Å²) in [6, 6.07) is 12.8. The molecule has 3 aromatic rings. The Kier molecular flexibility index (Phi) is 10.6. The van der Waals surface area contributed by atoms with Crippen molar-refractivity contribution in [1.82, 2.24) is 19.3 Å². The molecule has 0 saturated carbocycles. The van der Waals surface area contributed by atoms with E-state index in [1.54, 1.807) is 30.6 Å². The van der Waals surface area contributed by atoms with E-state index in [4.69, 9.17) is 31.4 Å². The largest absolute Gasteiger partial charge is 0.469 e. The molecule has 0 radical (unpaired) electrons. The predicted molar refractivity (Wildman–Crippen MR) is 139 cm³/mol. The van der Waals surface area contributed by atoms with Gasteiger partial charge < -0.3 is 25.6 Å². The lowest BCUT2D eigenvalue weighted by molar-refractivity contribution is 0.206. The summed E-state index contributed by atoms with van der Waals surface area (Å²) in [5, 5.41) is 0.610. The number of halogens is 1. The van der Waals surface area contributed by atoms with Gasteiger partial charge >= 0.3 is 7.82 Å². The average molecular weight is 576 g/mol. The lowest BCUT2D eigenvalue weighted by atomic mass is 10.1. The summed E-state index contributed by atoms with van der Waals surface area (Å²) in [6.45, 7) is 0.559. The number of hydrogen-bond donors (Lipinski definition) is 2. The quantitative estimate of drug-likeness (QED) is 0.360. The van der Waals surface area contributed by atoms with Gasteiger partial charge in [0.2, 0.25) is 10.0 Å². The highest BCUT2D eigenvalue weighted by molar-refractivity contribution is 7.89. The molecule has 0 atom stereocenters. The second kappa shape index (κ2) is 12.8. The van der Waals surface area contributed by atoms with Gasteiger partial charge in [0.25, 0.3) is 0 Å². The number of sulfonamides is 1. The van der Waals surface area contributed by atoms with Gasteiger partial charge in [0.1, 0.15) is 5.82 Å². The van der Waals surface area contributed by atoms with Crippen molar-refractivity contribution in [2.24, 2.45) is 0 Å². The molecule has 1 saturated heterocycles. The topological polar surface area (TPSA) is 209 Å². The highest BCUT2D eigenvalue weighted by Crippen LogP contribution is 2.35. The summed E-state index contributed by atoms with van der Waals surface area (Å²) in [7, 11) is -8.46. The van der Waals surface area contributed by atoms with Crippen molar-refractivity contribution in [3.05, 3.63) is 59.9 Å². The molecule has 0 amide bonds. The second-order valence-corrected chi connectivity index (χ2v) is 11.5. The van der Waals surface area contributed by atoms with E-state index in [9.17, 15) is 13.0 Å². The van der Waals surface area contributed by atoms with Crippen LogP contribution in [-0.4, -0.2) is 87.0 Å². The summed E-state index contributed by atoms with van der Waals surface area (Å²) >= 11 is 6.03. The van der Waals surface area contributed by atoms with Gasteiger partial charge in [-0.1, -0.05) is 23.7 Å². The number of anilines is 1. The molecule has 1 fully saturated rings. The number of nitrogens with zero attached hydrogens (tertiary/aromatic N) is 5. The lowest BCUT2D eigenvalue weighted by Crippen LogP contribution is -2.49. The molecular formula is C21H27ClN5O8PS. The van der Waals surface area contributed by atoms with Crippen molar-refractivity contribution in [3.63, 3.8) is 0 Å². The molecule has 2 aromatic heterocycles. The Balaban J connectivity index is 0.00000241. The first-order valence-corrected chi connectivity index (χ1v) is 14.1. The molecule has 13 nitrogen and oxygen atoms in total. The zero-order chi connectivity index (χ0) is 25.1. The van der Waals surface area contributed by atoms with Crippen molar-refractivity contribution in [2.45, 2.75) is 0 Å². The van der Waals surface area contributed by atoms with Gasteiger partial charge in [0, 0.05) is 60.8 Å². The number of rotatable bonds is 8. The highest BCUT2D eigenvalue weighted by atomic mass is 35.5. The summed E-state index contributed by atoms with van der Waals surface area (Å²) in [5.41, 5.74) is 2.29. The summed E-state index contributed by atoms with van der Waals surface area (Å²) in [4.78, 5) is 33.1. The number of phosphoric ester groups is 1. The van der Waals surface area contributed by atoms with Crippen LogP contribution in [-0.2, 0) is 19.1 Å². The fourth-order valence-corrected chi connectivity index (χ4v) is 5.43. The van der Waals surface area contributed by atoms with Gasteiger partial charge in [0.15, 0.2) is 5.82 Å². The van der Waals surface area contributed by atoms with E-state index < -0.39 is 30.2 Å². The molecule has 37 heavy (non-hydrogen) atoms. The number of phosphoric acid groups is 1. The van der Waals surface area contributed by atoms with Gasteiger partial charge in [-0.3, -0.25) is 9.51 Å². The van der Waals surface area contributed by atoms with E-state index in [1.165, 1.54) is 4.31 Å². The SMILES string of the molecule is O.O.O=P(O)(O)OCCS(=O)(=O)N1CCN(c2cc(-c3ccc(Cl)cc3)nc(-c3cccnc3)n2)CC1. The standard InChI is InChI=1S/C21H23ClN5O6PS.2H2O/c22-18-5-3-16(4-6-18)19-14-20(25-21(24-19)17-2-1-7-23-15-17)26-8-10-27(11-9-26)35(31,32)13-12-33-34(28,29)30;;/h1-7,14-15H,8-13H2,(H2,28,29,30);2*1H2. The van der Waals surface area contributed by atoms with Gasteiger partial charge in [-0.2, -0.15) is 4.31 Å². The monoisotopic (exact) mass is 575 g/mol. The summed E-state index contributed by atoms with van der Waals surface area (Å²) in [5.74, 6) is 0.619. The molecule has 6 N–H and O–H groups in total. The third-order valence-electron chi connectivity index (χ3n) is 5.33. The Morgan fingerprint density at radius 1 is 1.00 bits per heavy atom. The molecule has 0 unspecified atom stereocenters. The van der Waals surface area contributed by atoms with Gasteiger partial charge in [-0.05, 0) is 24.3 Å². The van der Waals surface area contributed by atoms with E-state index >= 15 is 0 Å². The Morgan fingerprint density at radius 2 is 1.68 bits per heavy atom. The fraction of sp³-hybridized carbons (Fsp3) is 0.286. The third kappa shape index (κ3) is 8.23. The van der Waals surface area contributed by atoms with Crippen LogP contribution in [0.15, 0.2) is 54.9 Å². The van der Waals surface area contributed by atoms with Crippen LogP contribution in [0.5, 0.6) is 0 Å². The predicted octanol–water partition coefficient (Wildman–Crippen LogP) is 0.771. The second-order valence-electron chi connectivity index (χ2n) is 7.71. The van der Waals surface area contributed by atoms with Crippen LogP contribution in [0.25, 0.3) is 22.6 Å². The van der Waals surface area contributed by atoms with Crippen LogP contribution in [0.4, 0.5) is 5.82 Å². The maximum atomic E-state index is 12.6. The van der Waals surface area contributed by atoms with Crippen LogP contribution in [0.1, 0.15) is 0 Å². The van der Waals surface area contributed by atoms with E-state index in [2.05, 4.69) is 9.51 Å². The Bertz CT molecular complexity index is 1320.